The number of nitrogens with zero attached hydrogens (tertiary/aromatic N) is 1. The van der Waals surface area contributed by atoms with Crippen molar-refractivity contribution in [3.05, 3.63) is 0 Å². The summed E-state index contributed by atoms with van der Waals surface area (Å²) in [6, 6.07) is 0. The Morgan fingerprint density at radius 2 is 1.85 bits per heavy atom. The number of aliphatic hydroxyl groups is 1. The van der Waals surface area contributed by atoms with Gasteiger partial charge < -0.3 is 10.0 Å². The van der Waals surface area contributed by atoms with E-state index in [4.69, 9.17) is 0 Å². The van der Waals surface area contributed by atoms with Gasteiger partial charge in [-0.25, -0.2) is 0 Å². The summed E-state index contributed by atoms with van der Waals surface area (Å²) in [5.41, 5.74) is 0. The van der Waals surface area contributed by atoms with Gasteiger partial charge in [-0.15, -0.1) is 0 Å². The zero-order valence-corrected chi connectivity index (χ0v) is 8.90. The molecule has 1 aliphatic carbocycles. The highest BCUT2D eigenvalue weighted by Gasteiger charge is 2.44. The SMILES string of the molecule is C[C@H]1[C@@H]2CN(C)C[C@H](C)[C@@H]2C[C@@H]1O. The monoisotopic (exact) mass is 183 g/mol. The van der Waals surface area contributed by atoms with Crippen molar-refractivity contribution in [2.24, 2.45) is 23.7 Å². The predicted molar refractivity (Wildman–Crippen MR) is 53.4 cm³/mol. The Kier molecular flexibility index (Phi) is 2.37. The minimum Gasteiger partial charge on any atom is -0.393 e. The summed E-state index contributed by atoms with van der Waals surface area (Å²) in [7, 11) is 2.20. The summed E-state index contributed by atoms with van der Waals surface area (Å²) in [6.07, 6.45) is 1.00. The molecule has 0 aromatic heterocycles. The van der Waals surface area contributed by atoms with Gasteiger partial charge in [-0.2, -0.15) is 0 Å². The molecule has 2 nitrogen and oxygen atoms in total. The van der Waals surface area contributed by atoms with Gasteiger partial charge in [0.05, 0.1) is 6.10 Å². The molecule has 0 aromatic carbocycles. The lowest BCUT2D eigenvalue weighted by molar-refractivity contribution is 0.0850. The Bertz CT molecular complexity index is 195. The fourth-order valence-electron chi connectivity index (χ4n) is 3.36. The van der Waals surface area contributed by atoms with Crippen LogP contribution in [0.25, 0.3) is 0 Å². The largest absolute Gasteiger partial charge is 0.393 e. The third-order valence-corrected chi connectivity index (χ3v) is 4.20. The highest BCUT2D eigenvalue weighted by Crippen LogP contribution is 2.44. The number of piperidine rings is 1. The van der Waals surface area contributed by atoms with E-state index >= 15 is 0 Å². The van der Waals surface area contributed by atoms with Crippen molar-refractivity contribution in [1.82, 2.24) is 4.90 Å². The summed E-state index contributed by atoms with van der Waals surface area (Å²) in [6.45, 7) is 6.94. The number of likely N-dealkylation sites (tertiary alicyclic amines) is 1. The fourth-order valence-corrected chi connectivity index (χ4v) is 3.36. The van der Waals surface area contributed by atoms with E-state index in [1.54, 1.807) is 0 Å². The lowest BCUT2D eigenvalue weighted by Crippen LogP contribution is -2.42. The molecular formula is C11H21NO. The lowest BCUT2D eigenvalue weighted by Gasteiger charge is -2.38. The molecule has 76 valence electrons. The quantitative estimate of drug-likeness (QED) is 0.610. The minimum absolute atomic E-state index is 0.0380. The van der Waals surface area contributed by atoms with Crippen LogP contribution in [0.2, 0.25) is 0 Å². The molecule has 1 saturated heterocycles. The summed E-state index contributed by atoms with van der Waals surface area (Å²) in [5, 5.41) is 9.81. The van der Waals surface area contributed by atoms with Gasteiger partial charge in [0.15, 0.2) is 0 Å². The molecule has 2 fully saturated rings. The maximum absolute atomic E-state index is 9.81. The summed E-state index contributed by atoms with van der Waals surface area (Å²) in [5.74, 6) is 2.79. The molecule has 5 atom stereocenters. The van der Waals surface area contributed by atoms with Gasteiger partial charge in [-0.1, -0.05) is 13.8 Å². The molecule has 1 heterocycles. The van der Waals surface area contributed by atoms with E-state index in [1.165, 1.54) is 13.1 Å². The highest BCUT2D eigenvalue weighted by molar-refractivity contribution is 4.95. The number of hydrogen-bond donors (Lipinski definition) is 1. The van der Waals surface area contributed by atoms with Crippen molar-refractivity contribution >= 4 is 0 Å². The third-order valence-electron chi connectivity index (χ3n) is 4.20. The normalized spacial score (nSPS) is 52.2. The average Bonchev–Trinajstić information content (AvgIpc) is 2.32. The van der Waals surface area contributed by atoms with Gasteiger partial charge in [-0.3, -0.25) is 0 Å². The van der Waals surface area contributed by atoms with E-state index in [0.717, 1.165) is 24.2 Å². The van der Waals surface area contributed by atoms with Crippen molar-refractivity contribution in [1.29, 1.82) is 0 Å². The van der Waals surface area contributed by atoms with Gasteiger partial charge in [0.2, 0.25) is 0 Å². The minimum atomic E-state index is -0.0380. The first-order chi connectivity index (χ1) is 6.09. The molecular weight excluding hydrogens is 162 g/mol. The van der Waals surface area contributed by atoms with Gasteiger partial charge in [0, 0.05) is 13.1 Å². The summed E-state index contributed by atoms with van der Waals surface area (Å²) < 4.78 is 0. The molecule has 0 aromatic rings. The molecule has 0 bridgehead atoms. The Labute approximate surface area is 80.9 Å². The fraction of sp³-hybridized carbons (Fsp3) is 1.00. The summed E-state index contributed by atoms with van der Waals surface area (Å²) in [4.78, 5) is 2.42. The number of aliphatic hydroxyl groups excluding tert-OH is 1. The first-order valence-corrected chi connectivity index (χ1v) is 5.46. The zero-order chi connectivity index (χ0) is 9.59. The van der Waals surface area contributed by atoms with Crippen LogP contribution in [0.1, 0.15) is 20.3 Å². The predicted octanol–water partition coefficient (Wildman–Crippen LogP) is 1.20. The molecule has 0 spiro atoms. The molecule has 2 heteroatoms. The van der Waals surface area contributed by atoms with E-state index < -0.39 is 0 Å². The molecule has 0 radical (unpaired) electrons. The van der Waals surface area contributed by atoms with E-state index in [9.17, 15) is 5.11 Å². The van der Waals surface area contributed by atoms with Gasteiger partial charge in [0.25, 0.3) is 0 Å². The highest BCUT2D eigenvalue weighted by atomic mass is 16.3. The molecule has 0 unspecified atom stereocenters. The standard InChI is InChI=1S/C11H21NO/c1-7-5-12(3)6-10-8(2)11(13)4-9(7)10/h7-11,13H,4-6H2,1-3H3/t7-,8-,9-,10-,11-/m0/s1. The molecule has 2 aliphatic rings. The van der Waals surface area contributed by atoms with E-state index in [2.05, 4.69) is 25.8 Å². The van der Waals surface area contributed by atoms with Crippen LogP contribution in [0.5, 0.6) is 0 Å². The van der Waals surface area contributed by atoms with E-state index in [1.807, 2.05) is 0 Å². The van der Waals surface area contributed by atoms with Crippen LogP contribution >= 0.6 is 0 Å². The molecule has 13 heavy (non-hydrogen) atoms. The van der Waals surface area contributed by atoms with Crippen LogP contribution in [0.15, 0.2) is 0 Å². The summed E-state index contributed by atoms with van der Waals surface area (Å²) >= 11 is 0. The van der Waals surface area contributed by atoms with Crippen LogP contribution in [0, 0.1) is 23.7 Å². The van der Waals surface area contributed by atoms with Crippen LogP contribution in [-0.2, 0) is 0 Å². The van der Waals surface area contributed by atoms with Crippen molar-refractivity contribution < 1.29 is 5.11 Å². The first kappa shape index (κ1) is 9.47. The van der Waals surface area contributed by atoms with Gasteiger partial charge in [-0.05, 0) is 37.1 Å². The number of rotatable bonds is 0. The third kappa shape index (κ3) is 1.50. The van der Waals surface area contributed by atoms with Crippen LogP contribution in [0.4, 0.5) is 0 Å². The lowest BCUT2D eigenvalue weighted by atomic mass is 9.79. The van der Waals surface area contributed by atoms with Gasteiger partial charge in [0.1, 0.15) is 0 Å². The van der Waals surface area contributed by atoms with Crippen molar-refractivity contribution in [2.45, 2.75) is 26.4 Å². The van der Waals surface area contributed by atoms with E-state index in [0.29, 0.717) is 5.92 Å². The van der Waals surface area contributed by atoms with Crippen molar-refractivity contribution in [3.8, 4) is 0 Å². The van der Waals surface area contributed by atoms with Crippen LogP contribution in [-0.4, -0.2) is 36.2 Å². The molecule has 1 aliphatic heterocycles. The number of hydrogen-bond acceptors (Lipinski definition) is 2. The second-order valence-corrected chi connectivity index (χ2v) is 5.19. The maximum atomic E-state index is 9.81. The topological polar surface area (TPSA) is 23.5 Å². The van der Waals surface area contributed by atoms with Crippen molar-refractivity contribution in [3.63, 3.8) is 0 Å². The van der Waals surface area contributed by atoms with E-state index in [-0.39, 0.29) is 6.10 Å². The Hall–Kier alpha value is -0.0800. The molecule has 1 N–H and O–H groups in total. The zero-order valence-electron chi connectivity index (χ0n) is 8.90. The van der Waals surface area contributed by atoms with Gasteiger partial charge >= 0.3 is 0 Å². The Morgan fingerprint density at radius 3 is 2.54 bits per heavy atom. The maximum Gasteiger partial charge on any atom is 0.0571 e. The smallest absolute Gasteiger partial charge is 0.0571 e. The molecule has 1 saturated carbocycles. The average molecular weight is 183 g/mol. The second kappa shape index (κ2) is 3.25. The Balaban J connectivity index is 2.12. The Morgan fingerprint density at radius 1 is 1.15 bits per heavy atom. The number of fused-ring (bicyclic) bond motifs is 1. The second-order valence-electron chi connectivity index (χ2n) is 5.19. The van der Waals surface area contributed by atoms with Crippen LogP contribution < -0.4 is 0 Å². The molecule has 0 amide bonds. The van der Waals surface area contributed by atoms with Crippen LogP contribution in [0.3, 0.4) is 0 Å². The first-order valence-electron chi connectivity index (χ1n) is 5.46. The van der Waals surface area contributed by atoms with Crippen molar-refractivity contribution in [2.75, 3.05) is 20.1 Å². The molecule has 2 rings (SSSR count).